The van der Waals surface area contributed by atoms with Crippen LogP contribution in [0.1, 0.15) is 25.0 Å². The van der Waals surface area contributed by atoms with Crippen molar-refractivity contribution in [1.29, 1.82) is 0 Å². The van der Waals surface area contributed by atoms with Gasteiger partial charge in [-0.3, -0.25) is 29.8 Å². The molecule has 30 heavy (non-hydrogen) atoms. The summed E-state index contributed by atoms with van der Waals surface area (Å²) in [5.41, 5.74) is 5.05. The normalized spacial score (nSPS) is 11.5. The van der Waals surface area contributed by atoms with E-state index >= 15 is 0 Å². The number of amides is 2. The molecule has 0 aliphatic heterocycles. The molecule has 0 atom stereocenters. The number of non-ortho nitro benzene ring substituents is 2. The fraction of sp³-hybridized carbons (Fsp3) is 0.111. The number of benzene rings is 2. The van der Waals surface area contributed by atoms with E-state index in [1.807, 2.05) is 10.9 Å². The van der Waals surface area contributed by atoms with Gasteiger partial charge in [-0.15, -0.1) is 0 Å². The first kappa shape index (κ1) is 21.8. The van der Waals surface area contributed by atoms with Gasteiger partial charge in [-0.05, 0) is 13.8 Å². The second-order valence-electron chi connectivity index (χ2n) is 5.89. The van der Waals surface area contributed by atoms with Crippen molar-refractivity contribution in [2.24, 2.45) is 10.2 Å². The zero-order valence-electron chi connectivity index (χ0n) is 15.9. The van der Waals surface area contributed by atoms with Gasteiger partial charge >= 0.3 is 11.8 Å². The van der Waals surface area contributed by atoms with E-state index in [-0.39, 0.29) is 22.8 Å². The van der Waals surface area contributed by atoms with E-state index in [1.165, 1.54) is 50.2 Å². The van der Waals surface area contributed by atoms with E-state index in [0.29, 0.717) is 11.1 Å². The molecular weight excluding hydrogens is 396 g/mol. The number of hydrogen-bond donors (Lipinski definition) is 2. The molecular formula is C18H16N6O6. The Morgan fingerprint density at radius 1 is 0.767 bits per heavy atom. The molecule has 0 unspecified atom stereocenters. The lowest BCUT2D eigenvalue weighted by atomic mass is 10.1. The Hall–Kier alpha value is -4.48. The maximum Gasteiger partial charge on any atom is 0.331 e. The quantitative estimate of drug-likeness (QED) is 0.317. The van der Waals surface area contributed by atoms with E-state index < -0.39 is 21.7 Å². The summed E-state index contributed by atoms with van der Waals surface area (Å²) in [6, 6.07) is 11.2. The van der Waals surface area contributed by atoms with Gasteiger partial charge in [0.2, 0.25) is 0 Å². The number of hydrazone groups is 2. The van der Waals surface area contributed by atoms with Gasteiger partial charge in [-0.2, -0.15) is 10.2 Å². The van der Waals surface area contributed by atoms with Crippen LogP contribution in [0, 0.1) is 20.2 Å². The maximum absolute atomic E-state index is 11.8. The first-order valence-corrected chi connectivity index (χ1v) is 8.37. The van der Waals surface area contributed by atoms with Crippen LogP contribution in [0.5, 0.6) is 0 Å². The summed E-state index contributed by atoms with van der Waals surface area (Å²) in [6.45, 7) is 3.00. The Balaban J connectivity index is 2.01. The van der Waals surface area contributed by atoms with Crippen molar-refractivity contribution in [1.82, 2.24) is 10.9 Å². The van der Waals surface area contributed by atoms with Gasteiger partial charge in [0.25, 0.3) is 11.4 Å². The van der Waals surface area contributed by atoms with Gasteiger partial charge < -0.3 is 0 Å². The van der Waals surface area contributed by atoms with Gasteiger partial charge in [0.05, 0.1) is 21.3 Å². The number of nitro benzene ring substituents is 2. The molecule has 2 aromatic carbocycles. The predicted octanol–water partition coefficient (Wildman–Crippen LogP) is 1.88. The van der Waals surface area contributed by atoms with Crippen LogP contribution in [0.15, 0.2) is 58.7 Å². The zero-order chi connectivity index (χ0) is 22.3. The van der Waals surface area contributed by atoms with Crippen LogP contribution in [-0.4, -0.2) is 33.1 Å². The minimum absolute atomic E-state index is 0.142. The highest BCUT2D eigenvalue weighted by molar-refractivity contribution is 6.35. The van der Waals surface area contributed by atoms with Crippen molar-refractivity contribution in [3.8, 4) is 0 Å². The standard InChI is InChI=1S/C18H16N6O6/c1-11(13-5-3-7-15(9-13)23(27)28)19-21-17(25)18(26)22-20-12(2)14-6-4-8-16(10-14)24(29)30/h3-10H,1-2H3,(H,21,25)(H,22,26)/b19-11+,20-12+. The lowest BCUT2D eigenvalue weighted by Gasteiger charge is -2.04. The van der Waals surface area contributed by atoms with Crippen LogP contribution < -0.4 is 10.9 Å². The minimum Gasteiger partial charge on any atom is -0.262 e. The molecule has 12 heteroatoms. The molecule has 12 nitrogen and oxygen atoms in total. The third-order valence-corrected chi connectivity index (χ3v) is 3.81. The van der Waals surface area contributed by atoms with Gasteiger partial charge in [-0.1, -0.05) is 24.3 Å². The average molecular weight is 412 g/mol. The molecule has 154 valence electrons. The second kappa shape index (κ2) is 9.64. The van der Waals surface area contributed by atoms with Crippen LogP contribution in [0.2, 0.25) is 0 Å². The third-order valence-electron chi connectivity index (χ3n) is 3.81. The first-order chi connectivity index (χ1) is 14.2. The smallest absolute Gasteiger partial charge is 0.262 e. The van der Waals surface area contributed by atoms with Gasteiger partial charge in [0.1, 0.15) is 0 Å². The molecule has 0 aliphatic carbocycles. The molecule has 0 spiro atoms. The molecule has 0 bridgehead atoms. The van der Waals surface area contributed by atoms with Crippen LogP contribution in [0.4, 0.5) is 11.4 Å². The SMILES string of the molecule is C/C(=N\NC(=O)C(=O)N/N=C(\C)c1cccc([N+](=O)[O-])c1)c1cccc([N+](=O)[O-])c1. The Morgan fingerprint density at radius 3 is 1.47 bits per heavy atom. The molecule has 0 radical (unpaired) electrons. The number of carbonyl (C=O) groups is 2. The number of carbonyl (C=O) groups excluding carboxylic acids is 2. The first-order valence-electron chi connectivity index (χ1n) is 8.37. The monoisotopic (exact) mass is 412 g/mol. The number of nitro groups is 2. The van der Waals surface area contributed by atoms with Crippen molar-refractivity contribution in [2.75, 3.05) is 0 Å². The second-order valence-corrected chi connectivity index (χ2v) is 5.89. The van der Waals surface area contributed by atoms with E-state index in [4.69, 9.17) is 0 Å². The summed E-state index contributed by atoms with van der Waals surface area (Å²) in [7, 11) is 0. The van der Waals surface area contributed by atoms with E-state index in [1.54, 1.807) is 12.1 Å². The number of nitrogens with one attached hydrogen (secondary N) is 2. The van der Waals surface area contributed by atoms with Gasteiger partial charge in [0.15, 0.2) is 0 Å². The fourth-order valence-electron chi connectivity index (χ4n) is 2.19. The Labute approximate surface area is 169 Å². The topological polar surface area (TPSA) is 169 Å². The molecule has 0 heterocycles. The summed E-state index contributed by atoms with van der Waals surface area (Å²) in [6.07, 6.45) is 0. The largest absolute Gasteiger partial charge is 0.331 e. The van der Waals surface area contributed by atoms with Crippen molar-refractivity contribution in [3.05, 3.63) is 79.9 Å². The predicted molar refractivity (Wildman–Crippen MR) is 107 cm³/mol. The Morgan fingerprint density at radius 2 is 1.13 bits per heavy atom. The summed E-state index contributed by atoms with van der Waals surface area (Å²) in [5.74, 6) is -2.23. The summed E-state index contributed by atoms with van der Waals surface area (Å²) >= 11 is 0. The molecule has 2 N–H and O–H groups in total. The Bertz CT molecular complexity index is 993. The minimum atomic E-state index is -1.12. The van der Waals surface area contributed by atoms with Gasteiger partial charge in [0, 0.05) is 35.4 Å². The lowest BCUT2D eigenvalue weighted by molar-refractivity contribution is -0.385. The summed E-state index contributed by atoms with van der Waals surface area (Å²) in [5, 5.41) is 29.1. The number of nitrogens with zero attached hydrogens (tertiary/aromatic N) is 4. The summed E-state index contributed by atoms with van der Waals surface area (Å²) < 4.78 is 0. The van der Waals surface area contributed by atoms with E-state index in [2.05, 4.69) is 10.2 Å². The zero-order valence-corrected chi connectivity index (χ0v) is 15.9. The molecule has 0 aliphatic rings. The van der Waals surface area contributed by atoms with Crippen LogP contribution in [0.3, 0.4) is 0 Å². The van der Waals surface area contributed by atoms with Gasteiger partial charge in [-0.25, -0.2) is 10.9 Å². The highest BCUT2D eigenvalue weighted by atomic mass is 16.6. The van der Waals surface area contributed by atoms with Crippen LogP contribution >= 0.6 is 0 Å². The van der Waals surface area contributed by atoms with Crippen LogP contribution in [-0.2, 0) is 9.59 Å². The molecule has 0 aromatic heterocycles. The molecule has 2 amide bonds. The highest BCUT2D eigenvalue weighted by Gasteiger charge is 2.14. The van der Waals surface area contributed by atoms with E-state index in [9.17, 15) is 29.8 Å². The molecule has 0 fully saturated rings. The van der Waals surface area contributed by atoms with E-state index in [0.717, 1.165) is 0 Å². The molecule has 2 rings (SSSR count). The summed E-state index contributed by atoms with van der Waals surface area (Å²) in [4.78, 5) is 44.2. The molecule has 0 saturated carbocycles. The third kappa shape index (κ3) is 5.76. The lowest BCUT2D eigenvalue weighted by Crippen LogP contribution is -2.36. The average Bonchev–Trinajstić information content (AvgIpc) is 2.75. The van der Waals surface area contributed by atoms with Crippen molar-refractivity contribution < 1.29 is 19.4 Å². The molecule has 2 aromatic rings. The maximum atomic E-state index is 11.8. The van der Waals surface area contributed by atoms with Crippen molar-refractivity contribution in [2.45, 2.75) is 13.8 Å². The number of hydrogen-bond acceptors (Lipinski definition) is 8. The number of rotatable bonds is 6. The molecule has 0 saturated heterocycles. The highest BCUT2D eigenvalue weighted by Crippen LogP contribution is 2.14. The van der Waals surface area contributed by atoms with Crippen molar-refractivity contribution >= 4 is 34.6 Å². The fourth-order valence-corrected chi connectivity index (χ4v) is 2.19. The Kier molecular flexibility index (Phi) is 7.01. The van der Waals surface area contributed by atoms with Crippen molar-refractivity contribution in [3.63, 3.8) is 0 Å². The van der Waals surface area contributed by atoms with Crippen LogP contribution in [0.25, 0.3) is 0 Å².